The number of piperidine rings is 1. The van der Waals surface area contributed by atoms with Crippen LogP contribution in [0.1, 0.15) is 38.2 Å². The number of para-hydroxylation sites is 1. The van der Waals surface area contributed by atoms with Crippen LogP contribution in [0.3, 0.4) is 0 Å². The van der Waals surface area contributed by atoms with Crippen molar-refractivity contribution >= 4 is 17.6 Å². The van der Waals surface area contributed by atoms with Crippen LogP contribution in [-0.4, -0.2) is 66.1 Å². The number of anilines is 1. The number of rotatable bonds is 7. The highest BCUT2D eigenvalue weighted by Crippen LogP contribution is 2.23. The Labute approximate surface area is 149 Å². The molecule has 0 spiro atoms. The number of likely N-dealkylation sites (N-methyl/N-ethyl adjacent to an activating group) is 1. The van der Waals surface area contributed by atoms with Crippen molar-refractivity contribution < 1.29 is 14.7 Å². The lowest BCUT2D eigenvalue weighted by Crippen LogP contribution is -2.46. The molecule has 0 atom stereocenters. The van der Waals surface area contributed by atoms with E-state index in [1.165, 1.54) is 0 Å². The van der Waals surface area contributed by atoms with Crippen molar-refractivity contribution in [3.05, 3.63) is 29.8 Å². The number of carboxylic acid groups (broad SMARTS) is 1. The van der Waals surface area contributed by atoms with Gasteiger partial charge in [0.2, 0.25) is 5.91 Å². The van der Waals surface area contributed by atoms with Crippen molar-refractivity contribution in [2.24, 2.45) is 0 Å². The molecule has 6 heteroatoms. The third-order valence-electron chi connectivity index (χ3n) is 4.79. The van der Waals surface area contributed by atoms with Gasteiger partial charge in [-0.15, -0.1) is 0 Å². The van der Waals surface area contributed by atoms with Crippen LogP contribution in [0.4, 0.5) is 5.69 Å². The lowest BCUT2D eigenvalue weighted by Gasteiger charge is -2.35. The topological polar surface area (TPSA) is 72.9 Å². The van der Waals surface area contributed by atoms with E-state index in [2.05, 4.69) is 24.1 Å². The van der Waals surface area contributed by atoms with Gasteiger partial charge in [-0.2, -0.15) is 0 Å². The molecule has 1 aliphatic rings. The largest absolute Gasteiger partial charge is 0.480 e. The van der Waals surface area contributed by atoms with E-state index < -0.39 is 5.97 Å². The molecule has 1 aliphatic heterocycles. The fourth-order valence-electron chi connectivity index (χ4n) is 3.37. The highest BCUT2D eigenvalue weighted by molar-refractivity contribution is 5.93. The number of hydrogen-bond donors (Lipinski definition) is 2. The van der Waals surface area contributed by atoms with Gasteiger partial charge in [-0.1, -0.05) is 32.0 Å². The summed E-state index contributed by atoms with van der Waals surface area (Å²) in [5.41, 5.74) is 2.03. The van der Waals surface area contributed by atoms with Gasteiger partial charge in [0.15, 0.2) is 0 Å². The van der Waals surface area contributed by atoms with Gasteiger partial charge >= 0.3 is 5.97 Å². The average Bonchev–Trinajstić information content (AvgIpc) is 2.55. The second kappa shape index (κ2) is 8.97. The lowest BCUT2D eigenvalue weighted by molar-refractivity contribution is -0.138. The zero-order chi connectivity index (χ0) is 18.4. The minimum absolute atomic E-state index is 0.00504. The molecular weight excluding hydrogens is 318 g/mol. The Hall–Kier alpha value is -1.92. The molecule has 1 aromatic rings. The molecule has 1 amide bonds. The van der Waals surface area contributed by atoms with Crippen LogP contribution in [0.5, 0.6) is 0 Å². The third kappa shape index (κ3) is 5.83. The van der Waals surface area contributed by atoms with Crippen LogP contribution in [-0.2, 0) is 9.59 Å². The lowest BCUT2D eigenvalue weighted by atomic mass is 10.0. The maximum atomic E-state index is 12.4. The normalized spacial score (nSPS) is 16.4. The second-order valence-electron chi connectivity index (χ2n) is 7.11. The Morgan fingerprint density at radius 2 is 1.92 bits per heavy atom. The number of carbonyl (C=O) groups is 2. The molecule has 2 N–H and O–H groups in total. The first-order valence-corrected chi connectivity index (χ1v) is 8.90. The molecule has 0 radical (unpaired) electrons. The molecule has 1 heterocycles. The summed E-state index contributed by atoms with van der Waals surface area (Å²) in [6.07, 6.45) is 1.78. The molecule has 1 aromatic carbocycles. The Morgan fingerprint density at radius 3 is 2.52 bits per heavy atom. The van der Waals surface area contributed by atoms with Crippen molar-refractivity contribution in [1.82, 2.24) is 9.80 Å². The number of carbonyl (C=O) groups excluding carboxylic acids is 1. The average molecular weight is 347 g/mol. The highest BCUT2D eigenvalue weighted by atomic mass is 16.4. The van der Waals surface area contributed by atoms with E-state index >= 15 is 0 Å². The predicted molar refractivity (Wildman–Crippen MR) is 98.9 cm³/mol. The van der Waals surface area contributed by atoms with Crippen LogP contribution in [0.25, 0.3) is 0 Å². The number of hydrogen-bond acceptors (Lipinski definition) is 4. The van der Waals surface area contributed by atoms with Crippen LogP contribution in [0.15, 0.2) is 24.3 Å². The van der Waals surface area contributed by atoms with Crippen LogP contribution in [0, 0.1) is 0 Å². The maximum Gasteiger partial charge on any atom is 0.317 e. The minimum Gasteiger partial charge on any atom is -0.480 e. The molecule has 25 heavy (non-hydrogen) atoms. The summed E-state index contributed by atoms with van der Waals surface area (Å²) in [5, 5.41) is 11.9. The summed E-state index contributed by atoms with van der Waals surface area (Å²) >= 11 is 0. The summed E-state index contributed by atoms with van der Waals surface area (Å²) in [6, 6.07) is 8.19. The van der Waals surface area contributed by atoms with E-state index in [4.69, 9.17) is 5.11 Å². The molecule has 0 aliphatic carbocycles. The number of benzene rings is 1. The molecule has 2 rings (SSSR count). The van der Waals surface area contributed by atoms with E-state index in [9.17, 15) is 9.59 Å². The Balaban J connectivity index is 1.82. The van der Waals surface area contributed by atoms with Crippen molar-refractivity contribution in [2.75, 3.05) is 38.5 Å². The van der Waals surface area contributed by atoms with E-state index in [1.54, 1.807) is 0 Å². The third-order valence-corrected chi connectivity index (χ3v) is 4.79. The molecule has 0 unspecified atom stereocenters. The minimum atomic E-state index is -0.798. The Morgan fingerprint density at radius 1 is 1.28 bits per heavy atom. The summed E-state index contributed by atoms with van der Waals surface area (Å²) in [6.45, 7) is 6.30. The van der Waals surface area contributed by atoms with Gasteiger partial charge in [-0.25, -0.2) is 0 Å². The standard InChI is InChI=1S/C19H29N3O3/c1-14(2)16-6-4-5-7-17(16)20-18(23)12-22-10-8-15(9-11-22)21(3)13-19(24)25/h4-7,14-15H,8-13H2,1-3H3,(H,20,23)(H,24,25). The maximum absolute atomic E-state index is 12.4. The number of nitrogens with one attached hydrogen (secondary N) is 1. The van der Waals surface area contributed by atoms with Crippen LogP contribution in [0.2, 0.25) is 0 Å². The zero-order valence-electron chi connectivity index (χ0n) is 15.4. The number of amides is 1. The zero-order valence-corrected chi connectivity index (χ0v) is 15.4. The van der Waals surface area contributed by atoms with E-state index in [-0.39, 0.29) is 18.5 Å². The van der Waals surface area contributed by atoms with E-state index in [0.29, 0.717) is 12.5 Å². The van der Waals surface area contributed by atoms with Gasteiger partial charge in [0.1, 0.15) is 0 Å². The second-order valence-corrected chi connectivity index (χ2v) is 7.11. The Bertz CT molecular complexity index is 595. The quantitative estimate of drug-likeness (QED) is 0.791. The first-order valence-electron chi connectivity index (χ1n) is 8.90. The summed E-state index contributed by atoms with van der Waals surface area (Å²) < 4.78 is 0. The molecule has 138 valence electrons. The number of likely N-dealkylation sites (tertiary alicyclic amines) is 1. The highest BCUT2D eigenvalue weighted by Gasteiger charge is 2.24. The van der Waals surface area contributed by atoms with Gasteiger partial charge < -0.3 is 10.4 Å². The summed E-state index contributed by atoms with van der Waals surface area (Å²) in [7, 11) is 1.85. The van der Waals surface area contributed by atoms with Crippen molar-refractivity contribution in [1.29, 1.82) is 0 Å². The van der Waals surface area contributed by atoms with Gasteiger partial charge in [-0.05, 0) is 37.4 Å². The number of aliphatic carboxylic acids is 1. The SMILES string of the molecule is CC(C)c1ccccc1NC(=O)CN1CCC(N(C)CC(=O)O)CC1. The molecule has 1 saturated heterocycles. The van der Waals surface area contributed by atoms with Gasteiger partial charge in [0.25, 0.3) is 0 Å². The summed E-state index contributed by atoms with van der Waals surface area (Å²) in [4.78, 5) is 27.2. The van der Waals surface area contributed by atoms with Gasteiger partial charge in [0, 0.05) is 24.8 Å². The molecular formula is C19H29N3O3. The van der Waals surface area contributed by atoms with E-state index in [0.717, 1.165) is 37.2 Å². The molecule has 0 aromatic heterocycles. The van der Waals surface area contributed by atoms with Gasteiger partial charge in [-0.3, -0.25) is 19.4 Å². The number of carboxylic acids is 1. The smallest absolute Gasteiger partial charge is 0.317 e. The van der Waals surface area contributed by atoms with Crippen molar-refractivity contribution in [3.63, 3.8) is 0 Å². The fraction of sp³-hybridized carbons (Fsp3) is 0.579. The monoisotopic (exact) mass is 347 g/mol. The molecule has 0 saturated carbocycles. The Kier molecular flexibility index (Phi) is 6.96. The fourth-order valence-corrected chi connectivity index (χ4v) is 3.37. The number of nitrogens with zero attached hydrogens (tertiary/aromatic N) is 2. The first kappa shape index (κ1) is 19.4. The van der Waals surface area contributed by atoms with Crippen molar-refractivity contribution in [2.45, 2.75) is 38.6 Å². The predicted octanol–water partition coefficient (Wildman–Crippen LogP) is 2.23. The van der Waals surface area contributed by atoms with E-state index in [1.807, 2.05) is 36.2 Å². The first-order chi connectivity index (χ1) is 11.9. The molecule has 6 nitrogen and oxygen atoms in total. The summed E-state index contributed by atoms with van der Waals surface area (Å²) in [5.74, 6) is -0.435. The van der Waals surface area contributed by atoms with Crippen LogP contribution < -0.4 is 5.32 Å². The molecule has 0 bridgehead atoms. The van der Waals surface area contributed by atoms with Crippen LogP contribution >= 0.6 is 0 Å². The van der Waals surface area contributed by atoms with Crippen molar-refractivity contribution in [3.8, 4) is 0 Å². The molecule has 1 fully saturated rings. The van der Waals surface area contributed by atoms with Gasteiger partial charge in [0.05, 0.1) is 13.1 Å².